The minimum absolute atomic E-state index is 0.386. The molecule has 0 aliphatic carbocycles. The molecule has 25 heavy (non-hydrogen) atoms. The van der Waals surface area contributed by atoms with Crippen molar-refractivity contribution in [3.63, 3.8) is 0 Å². The maximum Gasteiger partial charge on any atom is 0.357 e. The number of anilines is 1. The molecule has 1 fully saturated rings. The first-order valence-electron chi connectivity index (χ1n) is 8.47. The van der Waals surface area contributed by atoms with Crippen LogP contribution in [0.25, 0.3) is 0 Å². The Kier molecular flexibility index (Phi) is 6.96. The van der Waals surface area contributed by atoms with Crippen LogP contribution < -0.4 is 4.90 Å². The predicted molar refractivity (Wildman–Crippen MR) is 97.6 cm³/mol. The number of amides is 1. The zero-order chi connectivity index (χ0) is 18.4. The fraction of sp³-hybridized carbons (Fsp3) is 0.500. The average molecular weight is 367 g/mol. The van der Waals surface area contributed by atoms with Gasteiger partial charge < -0.3 is 14.2 Å². The molecule has 0 aromatic heterocycles. The van der Waals surface area contributed by atoms with Crippen LogP contribution in [-0.2, 0) is 18.4 Å². The van der Waals surface area contributed by atoms with Crippen molar-refractivity contribution in [2.45, 2.75) is 44.5 Å². The second-order valence-corrected chi connectivity index (χ2v) is 8.22. The van der Waals surface area contributed by atoms with Gasteiger partial charge in [-0.3, -0.25) is 14.3 Å². The Bertz CT molecular complexity index is 653. The second-order valence-electron chi connectivity index (χ2n) is 5.92. The summed E-state index contributed by atoms with van der Waals surface area (Å²) in [5.41, 5.74) is 0.930. The van der Waals surface area contributed by atoms with E-state index in [0.717, 1.165) is 19.3 Å². The first-order valence-corrected chi connectivity index (χ1v) is 10.1. The summed E-state index contributed by atoms with van der Waals surface area (Å²) in [4.78, 5) is 14.0. The third-order valence-corrected chi connectivity index (χ3v) is 6.51. The van der Waals surface area contributed by atoms with Gasteiger partial charge in [-0.15, -0.1) is 0 Å². The molecule has 1 amide bonds. The maximum absolute atomic E-state index is 13.1. The Morgan fingerprint density at radius 1 is 1.20 bits per heavy atom. The molecule has 0 radical (unpaired) electrons. The number of unbranched alkanes of at least 4 members (excludes halogenated alkanes) is 3. The molecule has 1 N–H and O–H groups in total. The van der Waals surface area contributed by atoms with Crippen LogP contribution in [0, 0.1) is 0 Å². The summed E-state index contributed by atoms with van der Waals surface area (Å²) < 4.78 is 23.5. The van der Waals surface area contributed by atoms with E-state index in [9.17, 15) is 14.5 Å². The van der Waals surface area contributed by atoms with E-state index in [2.05, 4.69) is 6.92 Å². The van der Waals surface area contributed by atoms with Crippen LogP contribution in [0.15, 0.2) is 42.0 Å². The lowest BCUT2D eigenvalue weighted by Crippen LogP contribution is -2.35. The standard InChI is InChI=1S/C18H26NO5P/c1-4-5-6-10-13-15-16(20)17(21)19(14-11-8-7-9-12-14)18(15)25(22,23-2)24-3/h7-9,11-13,16,18,20H,4-6,10H2,1-3H3/b15-13+/t16-,18+/m1/s1. The highest BCUT2D eigenvalue weighted by atomic mass is 31.2. The van der Waals surface area contributed by atoms with E-state index in [1.54, 1.807) is 30.3 Å². The molecule has 138 valence electrons. The summed E-state index contributed by atoms with van der Waals surface area (Å²) in [6, 6.07) is 8.84. The van der Waals surface area contributed by atoms with Gasteiger partial charge in [-0.1, -0.05) is 44.0 Å². The number of aliphatic hydroxyl groups is 1. The second kappa shape index (κ2) is 8.77. The van der Waals surface area contributed by atoms with Gasteiger partial charge in [-0.2, -0.15) is 0 Å². The number of carbonyl (C=O) groups is 1. The summed E-state index contributed by atoms with van der Waals surface area (Å²) in [5.74, 6) is -1.48. The number of nitrogens with zero attached hydrogens (tertiary/aromatic N) is 1. The lowest BCUT2D eigenvalue weighted by atomic mass is 10.1. The average Bonchev–Trinajstić information content (AvgIpc) is 2.90. The van der Waals surface area contributed by atoms with Crippen molar-refractivity contribution >= 4 is 19.2 Å². The van der Waals surface area contributed by atoms with Crippen molar-refractivity contribution in [1.82, 2.24) is 0 Å². The molecule has 2 rings (SSSR count). The van der Waals surface area contributed by atoms with Gasteiger partial charge in [0.05, 0.1) is 0 Å². The third kappa shape index (κ3) is 4.04. The molecule has 1 saturated heterocycles. The number of benzene rings is 1. The van der Waals surface area contributed by atoms with Crippen LogP contribution in [0.1, 0.15) is 32.6 Å². The van der Waals surface area contributed by atoms with Crippen molar-refractivity contribution in [3.8, 4) is 0 Å². The van der Waals surface area contributed by atoms with Gasteiger partial charge in [-0.05, 0) is 30.5 Å². The number of rotatable bonds is 8. The van der Waals surface area contributed by atoms with E-state index in [0.29, 0.717) is 17.7 Å². The van der Waals surface area contributed by atoms with Crippen molar-refractivity contribution in [1.29, 1.82) is 0 Å². The van der Waals surface area contributed by atoms with Gasteiger partial charge >= 0.3 is 7.60 Å². The van der Waals surface area contributed by atoms with E-state index in [-0.39, 0.29) is 0 Å². The predicted octanol–water partition coefficient (Wildman–Crippen LogP) is 3.71. The number of hydrogen-bond acceptors (Lipinski definition) is 5. The highest BCUT2D eigenvalue weighted by molar-refractivity contribution is 7.55. The molecule has 2 atom stereocenters. The Morgan fingerprint density at radius 2 is 1.84 bits per heavy atom. The van der Waals surface area contributed by atoms with E-state index < -0.39 is 25.4 Å². The van der Waals surface area contributed by atoms with Crippen molar-refractivity contribution in [2.75, 3.05) is 19.1 Å². The fourth-order valence-corrected chi connectivity index (χ4v) is 4.71. The van der Waals surface area contributed by atoms with Crippen LogP contribution in [0.3, 0.4) is 0 Å². The molecule has 1 aromatic rings. The summed E-state index contributed by atoms with van der Waals surface area (Å²) in [6.45, 7) is 2.10. The molecule has 7 heteroatoms. The summed E-state index contributed by atoms with van der Waals surface area (Å²) in [7, 11) is -1.08. The Balaban J connectivity index is 2.48. The molecule has 1 heterocycles. The molecule has 1 aliphatic rings. The molecule has 0 spiro atoms. The van der Waals surface area contributed by atoms with Crippen LogP contribution in [0.5, 0.6) is 0 Å². The lowest BCUT2D eigenvalue weighted by Gasteiger charge is -2.29. The minimum Gasteiger partial charge on any atom is -0.379 e. The van der Waals surface area contributed by atoms with E-state index >= 15 is 0 Å². The van der Waals surface area contributed by atoms with Gasteiger partial charge in [0.1, 0.15) is 0 Å². The molecule has 0 bridgehead atoms. The molecule has 0 unspecified atom stereocenters. The number of hydrogen-bond donors (Lipinski definition) is 1. The summed E-state index contributed by atoms with van der Waals surface area (Å²) in [6.07, 6.45) is 4.21. The lowest BCUT2D eigenvalue weighted by molar-refractivity contribution is -0.123. The summed E-state index contributed by atoms with van der Waals surface area (Å²) in [5, 5.41) is 10.5. The highest BCUT2D eigenvalue weighted by Gasteiger charge is 2.53. The number of para-hydroxylation sites is 1. The molecule has 1 aromatic carbocycles. The Hall–Kier alpha value is -1.46. The van der Waals surface area contributed by atoms with Crippen LogP contribution >= 0.6 is 7.60 Å². The first-order chi connectivity index (χ1) is 12.0. The zero-order valence-electron chi connectivity index (χ0n) is 14.9. The molecular weight excluding hydrogens is 341 g/mol. The smallest absolute Gasteiger partial charge is 0.357 e. The maximum atomic E-state index is 13.1. The van der Waals surface area contributed by atoms with Gasteiger partial charge in [0.25, 0.3) is 5.91 Å². The highest BCUT2D eigenvalue weighted by Crippen LogP contribution is 2.59. The van der Waals surface area contributed by atoms with Crippen LogP contribution in [0.4, 0.5) is 5.69 Å². The number of carbonyl (C=O) groups excluding carboxylic acids is 1. The molecule has 0 saturated carbocycles. The van der Waals surface area contributed by atoms with E-state index in [1.165, 1.54) is 19.1 Å². The van der Waals surface area contributed by atoms with Crippen molar-refractivity contribution in [2.24, 2.45) is 0 Å². The van der Waals surface area contributed by atoms with Gasteiger partial charge in [-0.25, -0.2) is 0 Å². The van der Waals surface area contributed by atoms with E-state index in [1.807, 2.05) is 6.07 Å². The Labute approximate surface area is 149 Å². The van der Waals surface area contributed by atoms with Crippen molar-refractivity contribution in [3.05, 3.63) is 42.0 Å². The van der Waals surface area contributed by atoms with Crippen molar-refractivity contribution < 1.29 is 23.5 Å². The SMILES string of the molecule is CCCCC/C=C1\[C@@H](O)C(=O)N(c2ccccc2)[C@H]1P(=O)(OC)OC. The fourth-order valence-electron chi connectivity index (χ4n) is 3.02. The number of aliphatic hydroxyl groups excluding tert-OH is 1. The first kappa shape index (κ1) is 19.9. The van der Waals surface area contributed by atoms with Crippen LogP contribution in [0.2, 0.25) is 0 Å². The third-order valence-electron chi connectivity index (χ3n) is 4.36. The number of allylic oxidation sites excluding steroid dienone is 1. The van der Waals surface area contributed by atoms with Crippen LogP contribution in [-0.4, -0.2) is 37.1 Å². The van der Waals surface area contributed by atoms with E-state index in [4.69, 9.17) is 9.05 Å². The normalized spacial score (nSPS) is 22.8. The molecule has 1 aliphatic heterocycles. The van der Waals surface area contributed by atoms with Gasteiger partial charge in [0, 0.05) is 19.9 Å². The quantitative estimate of drug-likeness (QED) is 0.431. The van der Waals surface area contributed by atoms with Gasteiger partial charge in [0.15, 0.2) is 11.9 Å². The monoisotopic (exact) mass is 367 g/mol. The zero-order valence-corrected chi connectivity index (χ0v) is 15.8. The summed E-state index contributed by atoms with van der Waals surface area (Å²) >= 11 is 0. The Morgan fingerprint density at radius 3 is 2.40 bits per heavy atom. The topological polar surface area (TPSA) is 76.1 Å². The minimum atomic E-state index is -3.66. The molecule has 6 nitrogen and oxygen atoms in total. The largest absolute Gasteiger partial charge is 0.379 e. The molecular formula is C18H26NO5P. The van der Waals surface area contributed by atoms with Gasteiger partial charge in [0.2, 0.25) is 0 Å².